The van der Waals surface area contributed by atoms with E-state index in [9.17, 15) is 14.4 Å². The Balaban J connectivity index is 1.29. The van der Waals surface area contributed by atoms with Crippen molar-refractivity contribution in [1.29, 1.82) is 0 Å². The lowest BCUT2D eigenvalue weighted by Crippen LogP contribution is -2.37. The lowest BCUT2D eigenvalue weighted by atomic mass is 10.1. The van der Waals surface area contributed by atoms with Crippen LogP contribution < -0.4 is 0 Å². The van der Waals surface area contributed by atoms with Gasteiger partial charge in [-0.1, -0.05) is 36.4 Å². The fourth-order valence-electron chi connectivity index (χ4n) is 3.41. The maximum Gasteiger partial charge on any atom is 0.326 e. The predicted molar refractivity (Wildman–Crippen MR) is 102 cm³/mol. The van der Waals surface area contributed by atoms with Gasteiger partial charge in [0.1, 0.15) is 19.0 Å². The molecule has 0 unspecified atom stereocenters. The molecular formula is C21H19N3O4. The van der Waals surface area contributed by atoms with Gasteiger partial charge in [-0.2, -0.15) is 0 Å². The van der Waals surface area contributed by atoms with E-state index >= 15 is 0 Å². The second kappa shape index (κ2) is 7.26. The number of hydrogen-bond acceptors (Lipinski definition) is 6. The quantitative estimate of drug-likeness (QED) is 0.586. The van der Waals surface area contributed by atoms with Gasteiger partial charge in [0.05, 0.1) is 24.2 Å². The first-order chi connectivity index (χ1) is 13.6. The Labute approximate surface area is 162 Å². The SMILES string of the molecule is CN(CCOC(=O)CN1C(=O)c2ccccc2C1=O)C1=NCc2ccccc21. The molecule has 0 atom stereocenters. The van der Waals surface area contributed by atoms with E-state index in [0.29, 0.717) is 24.2 Å². The number of imide groups is 1. The van der Waals surface area contributed by atoms with E-state index in [1.165, 1.54) is 5.56 Å². The summed E-state index contributed by atoms with van der Waals surface area (Å²) in [6.07, 6.45) is 0. The number of ether oxygens (including phenoxy) is 1. The molecule has 142 valence electrons. The van der Waals surface area contributed by atoms with Crippen LogP contribution in [0.2, 0.25) is 0 Å². The molecule has 2 amide bonds. The van der Waals surface area contributed by atoms with Gasteiger partial charge in [-0.15, -0.1) is 0 Å². The molecule has 0 bridgehead atoms. The summed E-state index contributed by atoms with van der Waals surface area (Å²) in [6.45, 7) is 0.857. The van der Waals surface area contributed by atoms with E-state index in [0.717, 1.165) is 16.3 Å². The summed E-state index contributed by atoms with van der Waals surface area (Å²) in [7, 11) is 1.89. The van der Waals surface area contributed by atoms with Crippen LogP contribution in [-0.2, 0) is 16.1 Å². The summed E-state index contributed by atoms with van der Waals surface area (Å²) >= 11 is 0. The van der Waals surface area contributed by atoms with Crippen molar-refractivity contribution in [3.8, 4) is 0 Å². The first kappa shape index (κ1) is 17.9. The number of nitrogens with zero attached hydrogens (tertiary/aromatic N) is 3. The molecule has 4 rings (SSSR count). The largest absolute Gasteiger partial charge is 0.462 e. The standard InChI is InChI=1S/C21H19N3O4/c1-23(19-15-7-3-2-6-14(15)12-22-19)10-11-28-18(25)13-24-20(26)16-8-4-5-9-17(16)21(24)27/h2-9H,10-13H2,1H3. The summed E-state index contributed by atoms with van der Waals surface area (Å²) in [5.74, 6) is -0.679. The number of carbonyl (C=O) groups excluding carboxylic acids is 3. The van der Waals surface area contributed by atoms with E-state index in [4.69, 9.17) is 4.74 Å². The van der Waals surface area contributed by atoms with E-state index < -0.39 is 17.8 Å². The van der Waals surface area contributed by atoms with E-state index in [1.807, 2.05) is 36.2 Å². The number of amidine groups is 1. The molecule has 2 aromatic rings. The fraction of sp³-hybridized carbons (Fsp3) is 0.238. The Morgan fingerprint density at radius 1 is 1.04 bits per heavy atom. The van der Waals surface area contributed by atoms with Crippen molar-refractivity contribution in [2.45, 2.75) is 6.54 Å². The van der Waals surface area contributed by atoms with Gasteiger partial charge in [0.15, 0.2) is 0 Å². The highest BCUT2D eigenvalue weighted by Gasteiger charge is 2.36. The zero-order valence-corrected chi connectivity index (χ0v) is 15.4. The van der Waals surface area contributed by atoms with Crippen LogP contribution in [0.15, 0.2) is 53.5 Å². The monoisotopic (exact) mass is 377 g/mol. The van der Waals surface area contributed by atoms with Crippen LogP contribution in [0.25, 0.3) is 0 Å². The van der Waals surface area contributed by atoms with Crippen LogP contribution in [0, 0.1) is 0 Å². The number of amides is 2. The Morgan fingerprint density at radius 3 is 2.32 bits per heavy atom. The highest BCUT2D eigenvalue weighted by molar-refractivity contribution is 6.22. The minimum atomic E-state index is -0.614. The normalized spacial score (nSPS) is 14.6. The molecule has 7 heteroatoms. The number of aliphatic imine (C=N–C) groups is 1. The van der Waals surface area contributed by atoms with Crippen LogP contribution in [0.5, 0.6) is 0 Å². The molecule has 0 spiro atoms. The number of rotatable bonds is 5. The zero-order chi connectivity index (χ0) is 19.7. The molecule has 2 aromatic carbocycles. The Morgan fingerprint density at radius 2 is 1.64 bits per heavy atom. The number of likely N-dealkylation sites (N-methyl/N-ethyl adjacent to an activating group) is 1. The second-order valence-corrected chi connectivity index (χ2v) is 6.68. The van der Waals surface area contributed by atoms with Crippen molar-refractivity contribution >= 4 is 23.6 Å². The smallest absolute Gasteiger partial charge is 0.326 e. The topological polar surface area (TPSA) is 79.3 Å². The third-order valence-electron chi connectivity index (χ3n) is 4.87. The van der Waals surface area contributed by atoms with Crippen molar-refractivity contribution < 1.29 is 19.1 Å². The lowest BCUT2D eigenvalue weighted by Gasteiger charge is -2.20. The molecule has 7 nitrogen and oxygen atoms in total. The van der Waals surface area contributed by atoms with Gasteiger partial charge in [-0.3, -0.25) is 24.3 Å². The average molecular weight is 377 g/mol. The first-order valence-electron chi connectivity index (χ1n) is 9.01. The summed E-state index contributed by atoms with van der Waals surface area (Å²) in [6, 6.07) is 14.5. The zero-order valence-electron chi connectivity index (χ0n) is 15.4. The summed E-state index contributed by atoms with van der Waals surface area (Å²) < 4.78 is 5.24. The minimum Gasteiger partial charge on any atom is -0.462 e. The van der Waals surface area contributed by atoms with Crippen LogP contribution >= 0.6 is 0 Å². The number of carbonyl (C=O) groups is 3. The first-order valence-corrected chi connectivity index (χ1v) is 9.01. The van der Waals surface area contributed by atoms with Crippen molar-refractivity contribution in [1.82, 2.24) is 9.80 Å². The number of benzene rings is 2. The van der Waals surface area contributed by atoms with Gasteiger partial charge >= 0.3 is 5.97 Å². The van der Waals surface area contributed by atoms with Gasteiger partial charge in [-0.05, 0) is 17.7 Å². The summed E-state index contributed by atoms with van der Waals surface area (Å²) in [5, 5.41) is 0. The maximum absolute atomic E-state index is 12.3. The highest BCUT2D eigenvalue weighted by atomic mass is 16.5. The molecule has 0 saturated heterocycles. The molecule has 0 fully saturated rings. The van der Waals surface area contributed by atoms with Gasteiger partial charge in [-0.25, -0.2) is 0 Å². The van der Waals surface area contributed by atoms with Gasteiger partial charge in [0, 0.05) is 12.6 Å². The van der Waals surface area contributed by atoms with Crippen molar-refractivity contribution in [3.63, 3.8) is 0 Å². The maximum atomic E-state index is 12.3. The molecule has 0 N–H and O–H groups in total. The third-order valence-corrected chi connectivity index (χ3v) is 4.87. The van der Waals surface area contributed by atoms with E-state index in [-0.39, 0.29) is 13.2 Å². The molecule has 0 aliphatic carbocycles. The molecule has 0 saturated carbocycles. The van der Waals surface area contributed by atoms with Crippen LogP contribution in [0.1, 0.15) is 31.8 Å². The summed E-state index contributed by atoms with van der Waals surface area (Å²) in [5.41, 5.74) is 2.89. The molecule has 2 aliphatic heterocycles. The number of fused-ring (bicyclic) bond motifs is 2. The molecule has 2 heterocycles. The predicted octanol–water partition coefficient (Wildman–Crippen LogP) is 1.72. The number of hydrogen-bond donors (Lipinski definition) is 0. The summed E-state index contributed by atoms with van der Waals surface area (Å²) in [4.78, 5) is 44.1. The molecule has 0 radical (unpaired) electrons. The van der Waals surface area contributed by atoms with Crippen LogP contribution in [0.3, 0.4) is 0 Å². The van der Waals surface area contributed by atoms with Crippen LogP contribution in [-0.4, -0.2) is 60.2 Å². The number of esters is 1. The van der Waals surface area contributed by atoms with Gasteiger partial charge < -0.3 is 9.64 Å². The Bertz CT molecular complexity index is 964. The molecule has 0 aromatic heterocycles. The van der Waals surface area contributed by atoms with Crippen molar-refractivity contribution in [3.05, 3.63) is 70.8 Å². The fourth-order valence-corrected chi connectivity index (χ4v) is 3.41. The minimum absolute atomic E-state index is 0.139. The van der Waals surface area contributed by atoms with Crippen molar-refractivity contribution in [2.24, 2.45) is 4.99 Å². The third kappa shape index (κ3) is 3.15. The van der Waals surface area contributed by atoms with Gasteiger partial charge in [0.25, 0.3) is 11.8 Å². The second-order valence-electron chi connectivity index (χ2n) is 6.68. The Kier molecular flexibility index (Phi) is 4.65. The average Bonchev–Trinajstić information content (AvgIpc) is 3.24. The van der Waals surface area contributed by atoms with Crippen molar-refractivity contribution in [2.75, 3.05) is 26.7 Å². The lowest BCUT2D eigenvalue weighted by molar-refractivity contribution is -0.144. The van der Waals surface area contributed by atoms with Gasteiger partial charge in [0.2, 0.25) is 0 Å². The van der Waals surface area contributed by atoms with E-state index in [2.05, 4.69) is 4.99 Å². The molecule has 28 heavy (non-hydrogen) atoms. The Hall–Kier alpha value is -3.48. The van der Waals surface area contributed by atoms with Crippen LogP contribution in [0.4, 0.5) is 0 Å². The highest BCUT2D eigenvalue weighted by Crippen LogP contribution is 2.22. The molecule has 2 aliphatic rings. The molecular weight excluding hydrogens is 358 g/mol. The van der Waals surface area contributed by atoms with E-state index in [1.54, 1.807) is 24.3 Å².